The van der Waals surface area contributed by atoms with Crippen LogP contribution in [0.25, 0.3) is 0 Å². The Kier molecular flexibility index (Phi) is 5.77. The zero-order valence-corrected chi connectivity index (χ0v) is 19.6. The van der Waals surface area contributed by atoms with Crippen molar-refractivity contribution in [3.8, 4) is 0 Å². The van der Waals surface area contributed by atoms with Gasteiger partial charge >= 0.3 is 6.03 Å². The summed E-state index contributed by atoms with van der Waals surface area (Å²) in [4.78, 5) is 54.9. The molecule has 5 amide bonds. The van der Waals surface area contributed by atoms with Crippen molar-refractivity contribution in [3.63, 3.8) is 0 Å². The molecular weight excluding hydrogens is 456 g/mol. The van der Waals surface area contributed by atoms with Gasteiger partial charge in [-0.3, -0.25) is 24.6 Å². The zero-order chi connectivity index (χ0) is 24.0. The molecule has 5 rings (SSSR count). The quantitative estimate of drug-likeness (QED) is 0.680. The van der Waals surface area contributed by atoms with Gasteiger partial charge in [-0.05, 0) is 54.7 Å². The molecule has 3 aliphatic rings. The molecular formula is C25H25ClN4O4. The normalized spacial score (nSPS) is 20.6. The molecule has 8 nitrogen and oxygen atoms in total. The van der Waals surface area contributed by atoms with Gasteiger partial charge in [0.1, 0.15) is 6.04 Å². The maximum atomic E-state index is 13.2. The number of urea groups is 1. The molecule has 3 aliphatic heterocycles. The fourth-order valence-corrected chi connectivity index (χ4v) is 5.04. The zero-order valence-electron chi connectivity index (χ0n) is 18.8. The minimum atomic E-state index is -0.639. The van der Waals surface area contributed by atoms with Gasteiger partial charge in [-0.25, -0.2) is 4.79 Å². The van der Waals surface area contributed by atoms with Crippen LogP contribution in [0, 0.1) is 6.92 Å². The van der Waals surface area contributed by atoms with Crippen molar-refractivity contribution in [2.45, 2.75) is 45.3 Å². The van der Waals surface area contributed by atoms with E-state index in [1.807, 2.05) is 37.3 Å². The number of nitrogens with one attached hydrogen (secondary N) is 1. The first-order valence-corrected chi connectivity index (χ1v) is 11.8. The first-order chi connectivity index (χ1) is 16.3. The van der Waals surface area contributed by atoms with Crippen molar-refractivity contribution < 1.29 is 19.2 Å². The average molecular weight is 481 g/mol. The fraction of sp³-hybridized carbons (Fsp3) is 0.360. The number of hydrogen-bond donors (Lipinski definition) is 1. The molecule has 0 radical (unpaired) electrons. The summed E-state index contributed by atoms with van der Waals surface area (Å²) in [6.45, 7) is 3.95. The Morgan fingerprint density at radius 3 is 2.65 bits per heavy atom. The van der Waals surface area contributed by atoms with Gasteiger partial charge in [-0.1, -0.05) is 29.8 Å². The van der Waals surface area contributed by atoms with Crippen molar-refractivity contribution in [1.82, 2.24) is 15.1 Å². The van der Waals surface area contributed by atoms with E-state index >= 15 is 0 Å². The molecule has 0 bridgehead atoms. The molecule has 0 saturated carbocycles. The number of nitrogens with zero attached hydrogens (tertiary/aromatic N) is 3. The van der Waals surface area contributed by atoms with Crippen LogP contribution in [0.5, 0.6) is 0 Å². The minimum absolute atomic E-state index is 0.0760. The molecule has 2 saturated heterocycles. The minimum Gasteiger partial charge on any atom is -0.322 e. The predicted octanol–water partition coefficient (Wildman–Crippen LogP) is 3.24. The van der Waals surface area contributed by atoms with Crippen molar-refractivity contribution in [2.75, 3.05) is 18.0 Å². The fourth-order valence-electron chi connectivity index (χ4n) is 4.86. The Morgan fingerprint density at radius 2 is 1.88 bits per heavy atom. The predicted molar refractivity (Wildman–Crippen MR) is 126 cm³/mol. The molecule has 0 aliphatic carbocycles. The van der Waals surface area contributed by atoms with Crippen LogP contribution in [0.4, 0.5) is 10.5 Å². The van der Waals surface area contributed by atoms with Crippen LogP contribution in [0.2, 0.25) is 5.02 Å². The maximum absolute atomic E-state index is 13.2. The Bertz CT molecular complexity index is 1210. The smallest absolute Gasteiger partial charge is 0.322 e. The van der Waals surface area contributed by atoms with Gasteiger partial charge in [0.05, 0.1) is 0 Å². The Balaban J connectivity index is 1.31. The second kappa shape index (κ2) is 8.76. The summed E-state index contributed by atoms with van der Waals surface area (Å²) in [5.74, 6) is -0.929. The lowest BCUT2D eigenvalue weighted by atomic mass is 10.0. The number of piperidine rings is 1. The SMILES string of the molecule is Cc1ccc(N2CCCN(Cc3ccc4c(c3)CN(C3CCC(=O)NC3=O)C4=O)C2=O)cc1Cl. The number of carbonyl (C=O) groups is 4. The number of rotatable bonds is 4. The third-order valence-electron chi connectivity index (χ3n) is 6.74. The molecule has 0 spiro atoms. The summed E-state index contributed by atoms with van der Waals surface area (Å²) in [7, 11) is 0. The van der Waals surface area contributed by atoms with Crippen LogP contribution in [0.3, 0.4) is 0 Å². The lowest BCUT2D eigenvalue weighted by Crippen LogP contribution is -2.52. The van der Waals surface area contributed by atoms with E-state index in [2.05, 4.69) is 5.32 Å². The van der Waals surface area contributed by atoms with Crippen LogP contribution in [0.15, 0.2) is 36.4 Å². The van der Waals surface area contributed by atoms with Crippen molar-refractivity contribution in [2.24, 2.45) is 0 Å². The summed E-state index contributed by atoms with van der Waals surface area (Å²) < 4.78 is 0. The van der Waals surface area contributed by atoms with Crippen LogP contribution in [0.1, 0.15) is 46.3 Å². The monoisotopic (exact) mass is 480 g/mol. The highest BCUT2D eigenvalue weighted by molar-refractivity contribution is 6.31. The second-order valence-corrected chi connectivity index (χ2v) is 9.44. The third kappa shape index (κ3) is 4.03. The van der Waals surface area contributed by atoms with Crippen molar-refractivity contribution in [3.05, 3.63) is 63.7 Å². The molecule has 2 aromatic rings. The molecule has 1 atom stereocenters. The van der Waals surface area contributed by atoms with Gasteiger partial charge in [0.2, 0.25) is 11.8 Å². The van der Waals surface area contributed by atoms with E-state index in [1.54, 1.807) is 15.9 Å². The van der Waals surface area contributed by atoms with Crippen LogP contribution in [-0.2, 0) is 22.7 Å². The number of amides is 5. The van der Waals surface area contributed by atoms with Gasteiger partial charge in [0.25, 0.3) is 5.91 Å². The van der Waals surface area contributed by atoms with E-state index in [1.165, 1.54) is 4.90 Å². The van der Waals surface area contributed by atoms with Crippen molar-refractivity contribution >= 4 is 41.0 Å². The summed E-state index contributed by atoms with van der Waals surface area (Å²) in [5, 5.41) is 2.95. The molecule has 1 N–H and O–H groups in total. The van der Waals surface area contributed by atoms with E-state index in [0.29, 0.717) is 43.2 Å². The third-order valence-corrected chi connectivity index (χ3v) is 7.15. The van der Waals surface area contributed by atoms with Crippen molar-refractivity contribution in [1.29, 1.82) is 0 Å². The molecule has 1 unspecified atom stereocenters. The van der Waals surface area contributed by atoms with Crippen LogP contribution >= 0.6 is 11.6 Å². The van der Waals surface area contributed by atoms with E-state index in [9.17, 15) is 19.2 Å². The number of halogens is 1. The summed E-state index contributed by atoms with van der Waals surface area (Å²) in [6, 6.07) is 10.5. The van der Waals surface area contributed by atoms with Crippen LogP contribution < -0.4 is 10.2 Å². The number of imide groups is 1. The first kappa shape index (κ1) is 22.4. The maximum Gasteiger partial charge on any atom is 0.324 e. The van der Waals surface area contributed by atoms with Gasteiger partial charge in [0.15, 0.2) is 0 Å². The highest BCUT2D eigenvalue weighted by Crippen LogP contribution is 2.30. The molecule has 2 aromatic carbocycles. The lowest BCUT2D eigenvalue weighted by Gasteiger charge is -2.36. The van der Waals surface area contributed by atoms with E-state index in [4.69, 9.17) is 11.6 Å². The first-order valence-electron chi connectivity index (χ1n) is 11.4. The number of anilines is 1. The van der Waals surface area contributed by atoms with Gasteiger partial charge in [0, 0.05) is 48.9 Å². The van der Waals surface area contributed by atoms with Crippen LogP contribution in [-0.4, -0.2) is 52.7 Å². The van der Waals surface area contributed by atoms with Gasteiger partial charge < -0.3 is 9.80 Å². The number of hydrogen-bond acceptors (Lipinski definition) is 4. The topological polar surface area (TPSA) is 90.0 Å². The second-order valence-electron chi connectivity index (χ2n) is 9.03. The van der Waals surface area contributed by atoms with E-state index in [-0.39, 0.29) is 24.3 Å². The Morgan fingerprint density at radius 1 is 1.06 bits per heavy atom. The standard InChI is InChI=1S/C25H25ClN4O4/c1-15-3-5-18(12-20(15)26)29-10-2-9-28(25(29)34)13-16-4-6-19-17(11-16)14-30(24(19)33)21-7-8-22(31)27-23(21)32/h3-6,11-12,21H,2,7-10,13-14H2,1H3,(H,27,31,32). The summed E-state index contributed by atoms with van der Waals surface area (Å²) >= 11 is 6.27. The largest absolute Gasteiger partial charge is 0.324 e. The average Bonchev–Trinajstić information content (AvgIpc) is 3.13. The number of carbonyl (C=O) groups excluding carboxylic acids is 4. The molecule has 0 aromatic heterocycles. The highest BCUT2D eigenvalue weighted by atomic mass is 35.5. The van der Waals surface area contributed by atoms with E-state index < -0.39 is 11.9 Å². The Labute approximate surface area is 202 Å². The van der Waals surface area contributed by atoms with Gasteiger partial charge in [-0.2, -0.15) is 0 Å². The summed E-state index contributed by atoms with van der Waals surface area (Å²) in [5.41, 5.74) is 4.07. The molecule has 2 fully saturated rings. The molecule has 9 heteroatoms. The molecule has 3 heterocycles. The summed E-state index contributed by atoms with van der Waals surface area (Å²) in [6.07, 6.45) is 1.39. The molecule has 176 valence electrons. The lowest BCUT2D eigenvalue weighted by molar-refractivity contribution is -0.136. The van der Waals surface area contributed by atoms with Gasteiger partial charge in [-0.15, -0.1) is 0 Å². The number of fused-ring (bicyclic) bond motifs is 1. The molecule has 34 heavy (non-hydrogen) atoms. The number of benzene rings is 2. The number of aryl methyl sites for hydroxylation is 1. The highest BCUT2D eigenvalue weighted by Gasteiger charge is 2.39. The Hall–Kier alpha value is -3.39. The van der Waals surface area contributed by atoms with E-state index in [0.717, 1.165) is 28.8 Å².